The number of hydrogen-bond donors (Lipinski definition) is 2. The van der Waals surface area contributed by atoms with E-state index in [0.29, 0.717) is 29.8 Å². The zero-order valence-electron chi connectivity index (χ0n) is 9.95. The molecule has 0 bridgehead atoms. The second-order valence-corrected chi connectivity index (χ2v) is 5.92. The molecule has 88 valence electrons. The van der Waals surface area contributed by atoms with Crippen molar-refractivity contribution in [1.29, 1.82) is 0 Å². The maximum absolute atomic E-state index is 10.1. The highest BCUT2D eigenvalue weighted by Gasteiger charge is 2.51. The number of rotatable bonds is 2. The van der Waals surface area contributed by atoms with Gasteiger partial charge in [0.05, 0.1) is 6.10 Å². The number of aliphatic hydroxyl groups excluding tert-OH is 2. The summed E-state index contributed by atoms with van der Waals surface area (Å²) in [6.45, 7) is 4.78. The molecule has 2 aliphatic rings. The van der Waals surface area contributed by atoms with Gasteiger partial charge in [-0.1, -0.05) is 20.3 Å². The van der Waals surface area contributed by atoms with Crippen molar-refractivity contribution in [2.24, 2.45) is 23.2 Å². The summed E-state index contributed by atoms with van der Waals surface area (Å²) in [4.78, 5) is 0. The molecule has 2 saturated carbocycles. The van der Waals surface area contributed by atoms with Gasteiger partial charge in [-0.2, -0.15) is 0 Å². The third-order valence-electron chi connectivity index (χ3n) is 5.14. The minimum Gasteiger partial charge on any atom is -0.396 e. The van der Waals surface area contributed by atoms with Gasteiger partial charge in [-0.25, -0.2) is 0 Å². The summed E-state index contributed by atoms with van der Waals surface area (Å²) >= 11 is 0. The summed E-state index contributed by atoms with van der Waals surface area (Å²) in [6, 6.07) is 0. The molecule has 0 aromatic heterocycles. The molecule has 0 heterocycles. The van der Waals surface area contributed by atoms with Gasteiger partial charge >= 0.3 is 0 Å². The van der Waals surface area contributed by atoms with Gasteiger partial charge in [0.15, 0.2) is 0 Å². The van der Waals surface area contributed by atoms with E-state index >= 15 is 0 Å². The number of fused-ring (bicyclic) bond motifs is 1. The summed E-state index contributed by atoms with van der Waals surface area (Å²) in [5.74, 6) is 1.50. The van der Waals surface area contributed by atoms with Gasteiger partial charge in [-0.15, -0.1) is 0 Å². The van der Waals surface area contributed by atoms with Crippen LogP contribution in [0.15, 0.2) is 0 Å². The van der Waals surface area contributed by atoms with Crippen LogP contribution in [-0.4, -0.2) is 22.9 Å². The molecule has 0 radical (unpaired) electrons. The molecule has 2 N–H and O–H groups in total. The molecule has 0 aromatic carbocycles. The summed E-state index contributed by atoms with van der Waals surface area (Å²) in [6.07, 6.45) is 5.65. The predicted octanol–water partition coefficient (Wildman–Crippen LogP) is 2.19. The van der Waals surface area contributed by atoms with Crippen molar-refractivity contribution in [3.8, 4) is 0 Å². The van der Waals surface area contributed by atoms with Crippen LogP contribution < -0.4 is 0 Å². The van der Waals surface area contributed by atoms with Crippen molar-refractivity contribution in [2.75, 3.05) is 6.61 Å². The standard InChI is InChI=1S/C13H24O2/c1-9(8-14)10-5-6-11-12(15)4-3-7-13(10,11)2/h9-12,14-15H,3-8H2,1-2H3/t9?,10-,11+,12+,13-/m1/s1. The maximum Gasteiger partial charge on any atom is 0.0573 e. The highest BCUT2D eigenvalue weighted by molar-refractivity contribution is 5.01. The van der Waals surface area contributed by atoms with Gasteiger partial charge in [-0.3, -0.25) is 0 Å². The van der Waals surface area contributed by atoms with Crippen molar-refractivity contribution >= 4 is 0 Å². The third kappa shape index (κ3) is 1.72. The molecule has 1 unspecified atom stereocenters. The Balaban J connectivity index is 2.17. The van der Waals surface area contributed by atoms with Crippen LogP contribution in [0, 0.1) is 23.2 Å². The molecular formula is C13H24O2. The fraction of sp³-hybridized carbons (Fsp3) is 1.00. The Morgan fingerprint density at radius 1 is 1.33 bits per heavy atom. The zero-order valence-corrected chi connectivity index (χ0v) is 9.95. The molecule has 5 atom stereocenters. The SMILES string of the molecule is CC(CO)[C@H]1CC[C@H]2[C@@H](O)CCC[C@]12C. The first-order valence-corrected chi connectivity index (χ1v) is 6.38. The molecule has 2 heteroatoms. The van der Waals surface area contributed by atoms with E-state index in [1.807, 2.05) is 0 Å². The Labute approximate surface area is 92.7 Å². The largest absolute Gasteiger partial charge is 0.396 e. The molecule has 2 fully saturated rings. The fourth-order valence-electron chi connectivity index (χ4n) is 4.25. The molecular weight excluding hydrogens is 188 g/mol. The predicted molar refractivity (Wildman–Crippen MR) is 60.4 cm³/mol. The lowest BCUT2D eigenvalue weighted by Gasteiger charge is -2.45. The summed E-state index contributed by atoms with van der Waals surface area (Å²) in [5, 5.41) is 19.4. The van der Waals surface area contributed by atoms with E-state index in [1.54, 1.807) is 0 Å². The van der Waals surface area contributed by atoms with Crippen LogP contribution in [0.4, 0.5) is 0 Å². The van der Waals surface area contributed by atoms with Crippen LogP contribution in [0.25, 0.3) is 0 Å². The smallest absolute Gasteiger partial charge is 0.0573 e. The van der Waals surface area contributed by atoms with Gasteiger partial charge in [0, 0.05) is 6.61 Å². The van der Waals surface area contributed by atoms with Gasteiger partial charge < -0.3 is 10.2 Å². The van der Waals surface area contributed by atoms with Crippen LogP contribution in [-0.2, 0) is 0 Å². The molecule has 0 saturated heterocycles. The van der Waals surface area contributed by atoms with E-state index in [9.17, 15) is 10.2 Å². The van der Waals surface area contributed by atoms with Gasteiger partial charge in [0.25, 0.3) is 0 Å². The Morgan fingerprint density at radius 2 is 2.07 bits per heavy atom. The van der Waals surface area contributed by atoms with Crippen molar-refractivity contribution < 1.29 is 10.2 Å². The maximum atomic E-state index is 10.1. The first-order valence-electron chi connectivity index (χ1n) is 6.38. The van der Waals surface area contributed by atoms with Crippen molar-refractivity contribution in [2.45, 2.75) is 52.1 Å². The average Bonchev–Trinajstić information content (AvgIpc) is 2.56. The van der Waals surface area contributed by atoms with Crippen LogP contribution >= 0.6 is 0 Å². The van der Waals surface area contributed by atoms with E-state index in [1.165, 1.54) is 12.8 Å². The van der Waals surface area contributed by atoms with Crippen LogP contribution in [0.3, 0.4) is 0 Å². The second-order valence-electron chi connectivity index (χ2n) is 5.92. The Hall–Kier alpha value is -0.0800. The number of hydrogen-bond acceptors (Lipinski definition) is 2. The topological polar surface area (TPSA) is 40.5 Å². The van der Waals surface area contributed by atoms with E-state index in [-0.39, 0.29) is 6.10 Å². The lowest BCUT2D eigenvalue weighted by Crippen LogP contribution is -2.41. The first-order chi connectivity index (χ1) is 7.09. The normalized spacial score (nSPS) is 47.6. The molecule has 0 spiro atoms. The minimum atomic E-state index is -0.0837. The van der Waals surface area contributed by atoms with Gasteiger partial charge in [0.2, 0.25) is 0 Å². The van der Waals surface area contributed by atoms with Gasteiger partial charge in [-0.05, 0) is 48.9 Å². The van der Waals surface area contributed by atoms with Crippen molar-refractivity contribution in [3.63, 3.8) is 0 Å². The Kier molecular flexibility index (Phi) is 3.09. The molecule has 0 amide bonds. The van der Waals surface area contributed by atoms with Crippen LogP contribution in [0.5, 0.6) is 0 Å². The first kappa shape index (κ1) is 11.4. The molecule has 2 aliphatic carbocycles. The highest BCUT2D eigenvalue weighted by atomic mass is 16.3. The molecule has 0 aromatic rings. The Morgan fingerprint density at radius 3 is 2.73 bits per heavy atom. The van der Waals surface area contributed by atoms with Crippen LogP contribution in [0.2, 0.25) is 0 Å². The minimum absolute atomic E-state index is 0.0837. The quantitative estimate of drug-likeness (QED) is 0.736. The lowest BCUT2D eigenvalue weighted by molar-refractivity contribution is -0.0321. The average molecular weight is 212 g/mol. The van der Waals surface area contributed by atoms with E-state index in [0.717, 1.165) is 19.3 Å². The van der Waals surface area contributed by atoms with E-state index in [4.69, 9.17) is 0 Å². The van der Waals surface area contributed by atoms with E-state index < -0.39 is 0 Å². The molecule has 0 aliphatic heterocycles. The van der Waals surface area contributed by atoms with Crippen molar-refractivity contribution in [3.05, 3.63) is 0 Å². The Bertz CT molecular complexity index is 229. The van der Waals surface area contributed by atoms with Crippen molar-refractivity contribution in [1.82, 2.24) is 0 Å². The summed E-state index contributed by atoms with van der Waals surface area (Å²) in [5.41, 5.74) is 0.291. The summed E-state index contributed by atoms with van der Waals surface area (Å²) < 4.78 is 0. The fourth-order valence-corrected chi connectivity index (χ4v) is 4.25. The zero-order chi connectivity index (χ0) is 11.1. The third-order valence-corrected chi connectivity index (χ3v) is 5.14. The monoisotopic (exact) mass is 212 g/mol. The molecule has 15 heavy (non-hydrogen) atoms. The van der Waals surface area contributed by atoms with Crippen LogP contribution in [0.1, 0.15) is 46.0 Å². The highest BCUT2D eigenvalue weighted by Crippen LogP contribution is 2.57. The second kappa shape index (κ2) is 4.06. The van der Waals surface area contributed by atoms with E-state index in [2.05, 4.69) is 13.8 Å². The summed E-state index contributed by atoms with van der Waals surface area (Å²) in [7, 11) is 0. The molecule has 2 rings (SSSR count). The molecule has 2 nitrogen and oxygen atoms in total. The lowest BCUT2D eigenvalue weighted by atomic mass is 9.62. The van der Waals surface area contributed by atoms with Gasteiger partial charge in [0.1, 0.15) is 0 Å². The number of aliphatic hydroxyl groups is 2.